The van der Waals surface area contributed by atoms with Crippen molar-refractivity contribution in [3.8, 4) is 0 Å². The van der Waals surface area contributed by atoms with Crippen LogP contribution in [0.5, 0.6) is 0 Å². The highest BCUT2D eigenvalue weighted by molar-refractivity contribution is 9.10. The first-order valence-electron chi connectivity index (χ1n) is 5.53. The average molecular weight is 382 g/mol. The number of carboxylic acids is 1. The predicted octanol–water partition coefficient (Wildman–Crippen LogP) is 1.42. The van der Waals surface area contributed by atoms with E-state index in [9.17, 15) is 23.3 Å². The molecule has 9 nitrogen and oxygen atoms in total. The number of nitro groups is 1. The first-order valence-corrected chi connectivity index (χ1v) is 7.76. The van der Waals surface area contributed by atoms with Crippen molar-refractivity contribution in [3.63, 3.8) is 0 Å². The number of nitrogens with one attached hydrogen (secondary N) is 1. The van der Waals surface area contributed by atoms with E-state index in [-0.39, 0.29) is 28.8 Å². The van der Waals surface area contributed by atoms with Gasteiger partial charge < -0.3 is 5.11 Å². The molecule has 0 aliphatic carbocycles. The fourth-order valence-corrected chi connectivity index (χ4v) is 2.83. The summed E-state index contributed by atoms with van der Waals surface area (Å²) in [7, 11) is -2.72. The number of hydrogen-bond acceptors (Lipinski definition) is 5. The molecule has 2 N–H and O–H groups in total. The molecule has 1 aromatic carbocycles. The normalized spacial score (nSPS) is 11.4. The van der Waals surface area contributed by atoms with Crippen LogP contribution < -0.4 is 4.72 Å². The Labute approximate surface area is 129 Å². The summed E-state index contributed by atoms with van der Waals surface area (Å²) >= 11 is 3.04. The van der Waals surface area contributed by atoms with E-state index in [1.54, 1.807) is 0 Å². The van der Waals surface area contributed by atoms with E-state index in [1.807, 2.05) is 0 Å². The van der Waals surface area contributed by atoms with E-state index in [1.165, 1.54) is 13.1 Å². The van der Waals surface area contributed by atoms with Crippen LogP contribution in [0.2, 0.25) is 0 Å². The number of carboxylic acid groups (broad SMARTS) is 1. The van der Waals surface area contributed by atoms with Gasteiger partial charge in [-0.15, -0.1) is 0 Å². The number of aliphatic carboxylic acids is 1. The quantitative estimate of drug-likeness (QED) is 0.542. The Bertz CT molecular complexity index is 663. The van der Waals surface area contributed by atoms with Gasteiger partial charge in [-0.25, -0.2) is 0 Å². The molecule has 1 rings (SSSR count). The van der Waals surface area contributed by atoms with Crippen molar-refractivity contribution in [2.24, 2.45) is 0 Å². The number of anilines is 1. The third-order valence-electron chi connectivity index (χ3n) is 2.45. The van der Waals surface area contributed by atoms with Gasteiger partial charge in [0.25, 0.3) is 5.69 Å². The lowest BCUT2D eigenvalue weighted by Gasteiger charge is -2.18. The van der Waals surface area contributed by atoms with Gasteiger partial charge in [-0.2, -0.15) is 12.7 Å². The highest BCUT2D eigenvalue weighted by Gasteiger charge is 2.20. The minimum absolute atomic E-state index is 0.114. The summed E-state index contributed by atoms with van der Waals surface area (Å²) < 4.78 is 27.2. The van der Waals surface area contributed by atoms with Gasteiger partial charge in [0.15, 0.2) is 0 Å². The van der Waals surface area contributed by atoms with Crippen LogP contribution in [0.1, 0.15) is 6.42 Å². The number of rotatable bonds is 7. The van der Waals surface area contributed by atoms with Gasteiger partial charge in [-0.1, -0.05) is 0 Å². The van der Waals surface area contributed by atoms with Crippen molar-refractivity contribution in [3.05, 3.63) is 32.8 Å². The number of hydrogen-bond donors (Lipinski definition) is 2. The summed E-state index contributed by atoms with van der Waals surface area (Å²) in [4.78, 5) is 20.4. The molecular formula is C10H12BrN3O6S. The van der Waals surface area contributed by atoms with Crippen LogP contribution in [0, 0.1) is 10.1 Å². The molecule has 0 spiro atoms. The Kier molecular flexibility index (Phi) is 5.63. The maximum atomic E-state index is 12.0. The minimum atomic E-state index is -3.94. The van der Waals surface area contributed by atoms with Gasteiger partial charge in [0.2, 0.25) is 0 Å². The molecule has 0 amide bonds. The van der Waals surface area contributed by atoms with Gasteiger partial charge in [-0.3, -0.25) is 19.6 Å². The van der Waals surface area contributed by atoms with Crippen LogP contribution in [0.3, 0.4) is 0 Å². The van der Waals surface area contributed by atoms with Gasteiger partial charge in [0, 0.05) is 30.2 Å². The summed E-state index contributed by atoms with van der Waals surface area (Å²) in [5, 5.41) is 19.1. The lowest BCUT2D eigenvalue weighted by molar-refractivity contribution is -0.384. The maximum Gasteiger partial charge on any atom is 0.304 e. The number of carbonyl (C=O) groups is 1. The molecule has 0 aliphatic heterocycles. The van der Waals surface area contributed by atoms with Gasteiger partial charge in [0.05, 0.1) is 17.0 Å². The number of nitrogens with zero attached hydrogens (tertiary/aromatic N) is 2. The smallest absolute Gasteiger partial charge is 0.304 e. The highest BCUT2D eigenvalue weighted by Crippen LogP contribution is 2.28. The number of benzene rings is 1. The topological polar surface area (TPSA) is 130 Å². The molecule has 11 heteroatoms. The largest absolute Gasteiger partial charge is 0.481 e. The molecule has 0 saturated heterocycles. The Morgan fingerprint density at radius 1 is 1.52 bits per heavy atom. The van der Waals surface area contributed by atoms with Crippen LogP contribution in [0.25, 0.3) is 0 Å². The molecular weight excluding hydrogens is 370 g/mol. The van der Waals surface area contributed by atoms with Crippen molar-refractivity contribution in [2.45, 2.75) is 6.42 Å². The van der Waals surface area contributed by atoms with Crippen LogP contribution in [0.15, 0.2) is 22.7 Å². The molecule has 0 bridgehead atoms. The Balaban J connectivity index is 2.89. The van der Waals surface area contributed by atoms with E-state index < -0.39 is 21.1 Å². The molecule has 0 heterocycles. The minimum Gasteiger partial charge on any atom is -0.481 e. The Morgan fingerprint density at radius 3 is 2.62 bits per heavy atom. The zero-order valence-corrected chi connectivity index (χ0v) is 13.2. The van der Waals surface area contributed by atoms with Gasteiger partial charge in [0.1, 0.15) is 0 Å². The molecule has 0 fully saturated rings. The van der Waals surface area contributed by atoms with Gasteiger partial charge in [-0.05, 0) is 22.0 Å². The third kappa shape index (κ3) is 4.95. The van der Waals surface area contributed by atoms with Crippen LogP contribution in [0.4, 0.5) is 11.4 Å². The molecule has 0 unspecified atom stereocenters. The Hall–Kier alpha value is -1.72. The fraction of sp³-hybridized carbons (Fsp3) is 0.300. The molecule has 0 radical (unpaired) electrons. The first-order chi connectivity index (χ1) is 9.63. The fourth-order valence-electron chi connectivity index (χ4n) is 1.29. The lowest BCUT2D eigenvalue weighted by atomic mass is 10.3. The summed E-state index contributed by atoms with van der Waals surface area (Å²) in [5.41, 5.74) is -0.0770. The van der Waals surface area contributed by atoms with E-state index in [2.05, 4.69) is 20.7 Å². The standard InChI is InChI=1S/C10H12BrN3O6S/c1-13(5-4-10(15)16)21(19,20)12-9-3-2-7(14(17)18)6-8(9)11/h2-3,6,12H,4-5H2,1H3,(H,15,16). The Morgan fingerprint density at radius 2 is 2.14 bits per heavy atom. The van der Waals surface area contributed by atoms with E-state index >= 15 is 0 Å². The van der Waals surface area contributed by atoms with Crippen molar-refractivity contribution in [2.75, 3.05) is 18.3 Å². The molecule has 0 atom stereocenters. The second kappa shape index (κ2) is 6.83. The number of non-ortho nitro benzene ring substituents is 1. The first kappa shape index (κ1) is 17.3. The predicted molar refractivity (Wildman–Crippen MR) is 78.2 cm³/mol. The second-order valence-corrected chi connectivity index (χ2v) is 6.63. The van der Waals surface area contributed by atoms with E-state index in [4.69, 9.17) is 5.11 Å². The zero-order chi connectivity index (χ0) is 16.2. The summed E-state index contributed by atoms with van der Waals surface area (Å²) in [6.45, 7) is -0.199. The zero-order valence-electron chi connectivity index (χ0n) is 10.8. The van der Waals surface area contributed by atoms with E-state index in [0.29, 0.717) is 0 Å². The van der Waals surface area contributed by atoms with Crippen molar-refractivity contribution < 1.29 is 23.2 Å². The summed E-state index contributed by atoms with van der Waals surface area (Å²) in [5.74, 6) is -1.12. The second-order valence-electron chi connectivity index (χ2n) is 3.99. The molecule has 116 valence electrons. The van der Waals surface area contributed by atoms with Crippen molar-refractivity contribution in [1.29, 1.82) is 0 Å². The van der Waals surface area contributed by atoms with Crippen LogP contribution in [-0.4, -0.2) is 42.3 Å². The van der Waals surface area contributed by atoms with Crippen LogP contribution >= 0.6 is 15.9 Å². The lowest BCUT2D eigenvalue weighted by Crippen LogP contribution is -2.34. The van der Waals surface area contributed by atoms with Crippen LogP contribution in [-0.2, 0) is 15.0 Å². The molecule has 0 saturated carbocycles. The maximum absolute atomic E-state index is 12.0. The molecule has 0 aromatic heterocycles. The molecule has 21 heavy (non-hydrogen) atoms. The van der Waals surface area contributed by atoms with E-state index in [0.717, 1.165) is 16.4 Å². The van der Waals surface area contributed by atoms with Crippen molar-refractivity contribution in [1.82, 2.24) is 4.31 Å². The SMILES string of the molecule is CN(CCC(=O)O)S(=O)(=O)Nc1ccc([N+](=O)[O-])cc1Br. The molecule has 0 aliphatic rings. The third-order valence-corrected chi connectivity index (χ3v) is 4.59. The number of halogens is 1. The van der Waals surface area contributed by atoms with Crippen molar-refractivity contribution >= 4 is 43.5 Å². The summed E-state index contributed by atoms with van der Waals surface area (Å²) in [6, 6.07) is 3.56. The average Bonchev–Trinajstić information content (AvgIpc) is 2.37. The molecule has 1 aromatic rings. The number of nitro benzene ring substituents is 1. The van der Waals surface area contributed by atoms with Gasteiger partial charge >= 0.3 is 16.2 Å². The monoisotopic (exact) mass is 381 g/mol. The summed E-state index contributed by atoms with van der Waals surface area (Å²) in [6.07, 6.45) is -0.334. The highest BCUT2D eigenvalue weighted by atomic mass is 79.9.